The van der Waals surface area contributed by atoms with Crippen molar-refractivity contribution in [2.24, 2.45) is 0 Å². The molecular formula is C7H13N3O. The number of hydrogen-bond donors (Lipinski definition) is 2. The molecule has 0 fully saturated rings. The second-order valence-electron chi connectivity index (χ2n) is 2.34. The second kappa shape index (κ2) is 3.39. The Kier molecular flexibility index (Phi) is 2.48. The predicted molar refractivity (Wildman–Crippen MR) is 43.1 cm³/mol. The molecule has 4 heteroatoms. The molecule has 0 saturated carbocycles. The van der Waals surface area contributed by atoms with E-state index in [1.807, 2.05) is 11.5 Å². The van der Waals surface area contributed by atoms with Crippen LogP contribution in [0.15, 0.2) is 6.20 Å². The Morgan fingerprint density at radius 3 is 3.00 bits per heavy atom. The van der Waals surface area contributed by atoms with Crippen molar-refractivity contribution in [1.82, 2.24) is 9.55 Å². The molecule has 1 aromatic heterocycles. The third-order valence-electron chi connectivity index (χ3n) is 1.65. The highest BCUT2D eigenvalue weighted by molar-refractivity contribution is 5.22. The molecule has 0 radical (unpaired) electrons. The molecule has 0 spiro atoms. The number of nitrogens with zero attached hydrogens (tertiary/aromatic N) is 2. The molecule has 0 unspecified atom stereocenters. The zero-order valence-electron chi connectivity index (χ0n) is 6.62. The lowest BCUT2D eigenvalue weighted by molar-refractivity contribution is 0.275. The highest BCUT2D eigenvalue weighted by atomic mass is 16.3. The summed E-state index contributed by atoms with van der Waals surface area (Å²) >= 11 is 0. The van der Waals surface area contributed by atoms with Crippen LogP contribution in [0.25, 0.3) is 0 Å². The van der Waals surface area contributed by atoms with Gasteiger partial charge in [0, 0.05) is 12.2 Å². The zero-order chi connectivity index (χ0) is 8.27. The van der Waals surface area contributed by atoms with Gasteiger partial charge in [-0.15, -0.1) is 0 Å². The SMILES string of the molecule is CCc1cnc(N)n1CCO. The Labute approximate surface area is 65.7 Å². The van der Waals surface area contributed by atoms with Gasteiger partial charge < -0.3 is 15.4 Å². The van der Waals surface area contributed by atoms with Crippen LogP contribution in [-0.2, 0) is 13.0 Å². The number of nitrogen functional groups attached to an aromatic ring is 1. The van der Waals surface area contributed by atoms with Crippen LogP contribution >= 0.6 is 0 Å². The number of rotatable bonds is 3. The van der Waals surface area contributed by atoms with Gasteiger partial charge in [-0.1, -0.05) is 6.92 Å². The molecule has 1 rings (SSSR count). The number of anilines is 1. The van der Waals surface area contributed by atoms with Gasteiger partial charge in [-0.25, -0.2) is 4.98 Å². The second-order valence-corrected chi connectivity index (χ2v) is 2.34. The maximum atomic E-state index is 8.68. The highest BCUT2D eigenvalue weighted by Gasteiger charge is 2.03. The summed E-state index contributed by atoms with van der Waals surface area (Å²) in [5, 5.41) is 8.68. The van der Waals surface area contributed by atoms with E-state index < -0.39 is 0 Å². The van der Waals surface area contributed by atoms with Crippen LogP contribution in [0.3, 0.4) is 0 Å². The Hall–Kier alpha value is -1.03. The third kappa shape index (κ3) is 1.51. The summed E-state index contributed by atoms with van der Waals surface area (Å²) in [6.45, 7) is 2.67. The standard InChI is InChI=1S/C7H13N3O/c1-2-6-5-9-7(8)10(6)3-4-11/h5,11H,2-4H2,1H3,(H2,8,9). The van der Waals surface area contributed by atoms with E-state index in [1.165, 1.54) is 0 Å². The minimum absolute atomic E-state index is 0.105. The van der Waals surface area contributed by atoms with Crippen molar-refractivity contribution in [2.75, 3.05) is 12.3 Å². The van der Waals surface area contributed by atoms with Crippen molar-refractivity contribution in [1.29, 1.82) is 0 Å². The first-order chi connectivity index (χ1) is 5.29. The van der Waals surface area contributed by atoms with Gasteiger partial charge >= 0.3 is 0 Å². The topological polar surface area (TPSA) is 64.1 Å². The molecule has 0 amide bonds. The quantitative estimate of drug-likeness (QED) is 0.646. The zero-order valence-corrected chi connectivity index (χ0v) is 6.62. The van der Waals surface area contributed by atoms with Crippen molar-refractivity contribution in [3.63, 3.8) is 0 Å². The van der Waals surface area contributed by atoms with Gasteiger partial charge in [-0.3, -0.25) is 0 Å². The maximum Gasteiger partial charge on any atom is 0.200 e. The van der Waals surface area contributed by atoms with Crippen LogP contribution in [0, 0.1) is 0 Å². The van der Waals surface area contributed by atoms with Crippen LogP contribution in [0.5, 0.6) is 0 Å². The summed E-state index contributed by atoms with van der Waals surface area (Å²) in [7, 11) is 0. The molecule has 0 bridgehead atoms. The first-order valence-electron chi connectivity index (χ1n) is 3.70. The minimum Gasteiger partial charge on any atom is -0.395 e. The first-order valence-corrected chi connectivity index (χ1v) is 3.70. The predicted octanol–water partition coefficient (Wildman–Crippen LogP) is 0.0200. The number of nitrogens with two attached hydrogens (primary N) is 1. The van der Waals surface area contributed by atoms with Crippen molar-refractivity contribution in [2.45, 2.75) is 19.9 Å². The van der Waals surface area contributed by atoms with E-state index in [0.717, 1.165) is 12.1 Å². The summed E-state index contributed by atoms with van der Waals surface area (Å²) < 4.78 is 1.82. The van der Waals surface area contributed by atoms with Crippen molar-refractivity contribution in [3.8, 4) is 0 Å². The first kappa shape index (κ1) is 8.07. The van der Waals surface area contributed by atoms with Crippen LogP contribution < -0.4 is 5.73 Å². The van der Waals surface area contributed by atoms with Gasteiger partial charge in [0.1, 0.15) is 0 Å². The molecule has 3 N–H and O–H groups in total. The fourth-order valence-corrected chi connectivity index (χ4v) is 1.07. The van der Waals surface area contributed by atoms with Crippen molar-refractivity contribution >= 4 is 5.95 Å². The number of aliphatic hydroxyl groups is 1. The van der Waals surface area contributed by atoms with Gasteiger partial charge in [-0.05, 0) is 6.42 Å². The molecule has 0 saturated heterocycles. The summed E-state index contributed by atoms with van der Waals surface area (Å²) in [4.78, 5) is 3.94. The molecule has 4 nitrogen and oxygen atoms in total. The highest BCUT2D eigenvalue weighted by Crippen LogP contribution is 2.06. The van der Waals surface area contributed by atoms with E-state index in [9.17, 15) is 0 Å². The van der Waals surface area contributed by atoms with Gasteiger partial charge in [0.05, 0.1) is 12.8 Å². The third-order valence-corrected chi connectivity index (χ3v) is 1.65. The average Bonchev–Trinajstić information content (AvgIpc) is 2.34. The Bertz CT molecular complexity index is 232. The van der Waals surface area contributed by atoms with E-state index in [1.54, 1.807) is 6.20 Å². The minimum atomic E-state index is 0.105. The lowest BCUT2D eigenvalue weighted by Crippen LogP contribution is -2.09. The van der Waals surface area contributed by atoms with E-state index in [0.29, 0.717) is 12.5 Å². The Balaban J connectivity index is 2.88. The molecular weight excluding hydrogens is 142 g/mol. The lowest BCUT2D eigenvalue weighted by atomic mass is 10.3. The molecule has 62 valence electrons. The molecule has 0 atom stereocenters. The fraction of sp³-hybridized carbons (Fsp3) is 0.571. The van der Waals surface area contributed by atoms with Crippen LogP contribution in [0.2, 0.25) is 0 Å². The molecule has 0 aromatic carbocycles. The van der Waals surface area contributed by atoms with E-state index in [2.05, 4.69) is 4.98 Å². The van der Waals surface area contributed by atoms with Crippen LogP contribution in [0.1, 0.15) is 12.6 Å². The molecule has 0 aliphatic rings. The van der Waals surface area contributed by atoms with Crippen LogP contribution in [0.4, 0.5) is 5.95 Å². The van der Waals surface area contributed by atoms with Crippen molar-refractivity contribution < 1.29 is 5.11 Å². The summed E-state index contributed by atoms with van der Waals surface area (Å²) in [6, 6.07) is 0. The van der Waals surface area contributed by atoms with Gasteiger partial charge in [0.25, 0.3) is 0 Å². The van der Waals surface area contributed by atoms with E-state index >= 15 is 0 Å². The van der Waals surface area contributed by atoms with Gasteiger partial charge in [0.2, 0.25) is 0 Å². The monoisotopic (exact) mass is 155 g/mol. The normalized spacial score (nSPS) is 10.4. The number of aliphatic hydroxyl groups excluding tert-OH is 1. The Morgan fingerprint density at radius 2 is 2.45 bits per heavy atom. The summed E-state index contributed by atoms with van der Waals surface area (Å²) in [6.07, 6.45) is 2.63. The number of aryl methyl sites for hydroxylation is 1. The maximum absolute atomic E-state index is 8.68. The van der Waals surface area contributed by atoms with E-state index in [-0.39, 0.29) is 6.61 Å². The molecule has 0 aliphatic carbocycles. The molecule has 11 heavy (non-hydrogen) atoms. The molecule has 0 aliphatic heterocycles. The largest absolute Gasteiger partial charge is 0.395 e. The summed E-state index contributed by atoms with van der Waals surface area (Å²) in [5.74, 6) is 0.482. The smallest absolute Gasteiger partial charge is 0.200 e. The fourth-order valence-electron chi connectivity index (χ4n) is 1.07. The van der Waals surface area contributed by atoms with E-state index in [4.69, 9.17) is 10.8 Å². The number of imidazole rings is 1. The molecule has 1 aromatic rings. The van der Waals surface area contributed by atoms with Gasteiger partial charge in [-0.2, -0.15) is 0 Å². The van der Waals surface area contributed by atoms with Crippen molar-refractivity contribution in [3.05, 3.63) is 11.9 Å². The Morgan fingerprint density at radius 1 is 1.73 bits per heavy atom. The average molecular weight is 155 g/mol. The van der Waals surface area contributed by atoms with Gasteiger partial charge in [0.15, 0.2) is 5.95 Å². The number of hydrogen-bond acceptors (Lipinski definition) is 3. The summed E-state index contributed by atoms with van der Waals surface area (Å²) in [5.41, 5.74) is 6.61. The molecule has 1 heterocycles. The number of aromatic nitrogens is 2. The lowest BCUT2D eigenvalue weighted by Gasteiger charge is -2.04. The van der Waals surface area contributed by atoms with Crippen LogP contribution in [-0.4, -0.2) is 21.3 Å².